The van der Waals surface area contributed by atoms with Crippen molar-refractivity contribution in [1.29, 1.82) is 0 Å². The van der Waals surface area contributed by atoms with Gasteiger partial charge in [0.15, 0.2) is 5.78 Å². The second-order valence-electron chi connectivity index (χ2n) is 2.88. The van der Waals surface area contributed by atoms with Crippen molar-refractivity contribution < 1.29 is 9.18 Å². The number of alkyl halides is 1. The Morgan fingerprint density at radius 3 is 2.67 bits per heavy atom. The van der Waals surface area contributed by atoms with Gasteiger partial charge in [0.25, 0.3) is 0 Å². The third-order valence-corrected chi connectivity index (χ3v) is 2.14. The number of hydrogen-bond donors (Lipinski definition) is 1. The lowest BCUT2D eigenvalue weighted by atomic mass is 10.1. The number of ketones is 1. The lowest BCUT2D eigenvalue weighted by molar-refractivity contribution is 0.0943. The molecule has 2 rings (SSSR count). The lowest BCUT2D eigenvalue weighted by Crippen LogP contribution is -2.28. The predicted octanol–water partition coefficient (Wildman–Crippen LogP) is 1.22. The van der Waals surface area contributed by atoms with Gasteiger partial charge in [-0.2, -0.15) is 0 Å². The van der Waals surface area contributed by atoms with Crippen LogP contribution >= 0.6 is 0 Å². The van der Waals surface area contributed by atoms with Crippen LogP contribution in [-0.2, 0) is 0 Å². The Morgan fingerprint density at radius 2 is 2.00 bits per heavy atom. The number of nitrogens with two attached hydrogens (primary N) is 1. The molecule has 1 aliphatic carbocycles. The van der Waals surface area contributed by atoms with Gasteiger partial charge in [0.1, 0.15) is 12.2 Å². The van der Waals surface area contributed by atoms with Crippen LogP contribution in [0.1, 0.15) is 22.1 Å². The highest BCUT2D eigenvalue weighted by molar-refractivity contribution is 6.05. The van der Waals surface area contributed by atoms with Crippen molar-refractivity contribution in [2.24, 2.45) is 5.73 Å². The van der Waals surface area contributed by atoms with Gasteiger partial charge < -0.3 is 5.73 Å². The number of fused-ring (bicyclic) bond motifs is 1. The highest BCUT2D eigenvalue weighted by atomic mass is 19.1. The second kappa shape index (κ2) is 2.38. The van der Waals surface area contributed by atoms with E-state index >= 15 is 0 Å². The predicted molar refractivity (Wildman–Crippen MR) is 42.6 cm³/mol. The average Bonchev–Trinajstić information content (AvgIpc) is 2.33. The standard InChI is InChI=1S/C9H8FNO/c10-7-5-3-1-2-4-6(5)9(12)8(7)11/h1-4,7-8H,11H2. The minimum Gasteiger partial charge on any atom is -0.318 e. The number of benzene rings is 1. The Kier molecular flexibility index (Phi) is 1.48. The van der Waals surface area contributed by atoms with Crippen molar-refractivity contribution in [2.75, 3.05) is 0 Å². The summed E-state index contributed by atoms with van der Waals surface area (Å²) in [6.45, 7) is 0. The van der Waals surface area contributed by atoms with Crippen molar-refractivity contribution in [3.8, 4) is 0 Å². The number of rotatable bonds is 0. The molecule has 0 aliphatic heterocycles. The van der Waals surface area contributed by atoms with Crippen LogP contribution in [0.2, 0.25) is 0 Å². The molecule has 0 spiro atoms. The number of hydrogen-bond acceptors (Lipinski definition) is 2. The summed E-state index contributed by atoms with van der Waals surface area (Å²) in [6, 6.07) is 5.63. The van der Waals surface area contributed by atoms with Crippen molar-refractivity contribution in [3.63, 3.8) is 0 Å². The van der Waals surface area contributed by atoms with Gasteiger partial charge >= 0.3 is 0 Å². The van der Waals surface area contributed by atoms with Crippen LogP contribution in [0.15, 0.2) is 24.3 Å². The summed E-state index contributed by atoms with van der Waals surface area (Å²) in [6.07, 6.45) is -1.33. The summed E-state index contributed by atoms with van der Waals surface area (Å²) in [5, 5.41) is 0. The Hall–Kier alpha value is -1.22. The summed E-state index contributed by atoms with van der Waals surface area (Å²) in [4.78, 5) is 11.2. The van der Waals surface area contributed by atoms with Gasteiger partial charge in [-0.15, -0.1) is 0 Å². The first-order chi connectivity index (χ1) is 5.72. The fraction of sp³-hybridized carbons (Fsp3) is 0.222. The molecule has 2 nitrogen and oxygen atoms in total. The highest BCUT2D eigenvalue weighted by Crippen LogP contribution is 2.32. The minimum absolute atomic E-state index is 0.293. The molecule has 1 aromatic rings. The van der Waals surface area contributed by atoms with E-state index < -0.39 is 12.2 Å². The Balaban J connectivity index is 2.59. The molecule has 1 aliphatic rings. The van der Waals surface area contributed by atoms with Gasteiger partial charge in [-0.3, -0.25) is 4.79 Å². The van der Waals surface area contributed by atoms with E-state index in [9.17, 15) is 9.18 Å². The molecule has 0 amide bonds. The largest absolute Gasteiger partial charge is 0.318 e. The molecular formula is C9H8FNO. The van der Waals surface area contributed by atoms with Gasteiger partial charge in [-0.1, -0.05) is 24.3 Å². The molecule has 12 heavy (non-hydrogen) atoms. The van der Waals surface area contributed by atoms with Gasteiger partial charge in [0.05, 0.1) is 0 Å². The molecule has 0 radical (unpaired) electrons. The SMILES string of the molecule is NC1C(=O)c2ccccc2C1F. The normalized spacial score (nSPS) is 27.3. The zero-order valence-corrected chi connectivity index (χ0v) is 6.33. The summed E-state index contributed by atoms with van der Waals surface area (Å²) in [7, 11) is 0. The van der Waals surface area contributed by atoms with E-state index in [-0.39, 0.29) is 5.78 Å². The van der Waals surface area contributed by atoms with Gasteiger partial charge in [0, 0.05) is 5.56 Å². The van der Waals surface area contributed by atoms with E-state index in [0.29, 0.717) is 11.1 Å². The molecule has 62 valence electrons. The number of Topliss-reactive ketones (excluding diaryl/α,β-unsaturated/α-hetero) is 1. The highest BCUT2D eigenvalue weighted by Gasteiger charge is 2.36. The molecule has 0 fully saturated rings. The van der Waals surface area contributed by atoms with Crippen LogP contribution in [0.4, 0.5) is 4.39 Å². The monoisotopic (exact) mass is 165 g/mol. The first-order valence-electron chi connectivity index (χ1n) is 3.74. The van der Waals surface area contributed by atoms with Gasteiger partial charge in [-0.05, 0) is 5.56 Å². The molecular weight excluding hydrogens is 157 g/mol. The molecule has 0 saturated carbocycles. The maximum absolute atomic E-state index is 13.2. The van der Waals surface area contributed by atoms with E-state index in [0.717, 1.165) is 0 Å². The zero-order valence-electron chi connectivity index (χ0n) is 6.33. The maximum Gasteiger partial charge on any atom is 0.183 e. The van der Waals surface area contributed by atoms with Gasteiger partial charge in [-0.25, -0.2) is 4.39 Å². The van der Waals surface area contributed by atoms with E-state index in [1.54, 1.807) is 24.3 Å². The first-order valence-corrected chi connectivity index (χ1v) is 3.74. The maximum atomic E-state index is 13.2. The molecule has 2 N–H and O–H groups in total. The summed E-state index contributed by atoms with van der Waals surface area (Å²) < 4.78 is 13.2. The number of carbonyl (C=O) groups is 1. The molecule has 2 atom stereocenters. The van der Waals surface area contributed by atoms with E-state index in [1.165, 1.54) is 0 Å². The number of halogens is 1. The Bertz CT molecular complexity index is 337. The minimum atomic E-state index is -1.33. The van der Waals surface area contributed by atoms with E-state index in [4.69, 9.17) is 5.73 Å². The fourth-order valence-electron chi connectivity index (χ4n) is 1.47. The quantitative estimate of drug-likeness (QED) is 0.628. The number of carbonyl (C=O) groups excluding carboxylic acids is 1. The summed E-state index contributed by atoms with van der Waals surface area (Å²) >= 11 is 0. The van der Waals surface area contributed by atoms with Crippen molar-refractivity contribution >= 4 is 5.78 Å². The first kappa shape index (κ1) is 7.43. The van der Waals surface area contributed by atoms with Crippen LogP contribution < -0.4 is 5.73 Å². The molecule has 0 aromatic heterocycles. The summed E-state index contributed by atoms with van der Waals surface area (Å²) in [5.74, 6) is -0.293. The molecule has 0 saturated heterocycles. The van der Waals surface area contributed by atoms with Crippen LogP contribution in [-0.4, -0.2) is 11.8 Å². The Morgan fingerprint density at radius 1 is 1.33 bits per heavy atom. The zero-order chi connectivity index (χ0) is 8.72. The lowest BCUT2D eigenvalue weighted by Gasteiger charge is -2.02. The molecule has 2 unspecified atom stereocenters. The second-order valence-corrected chi connectivity index (χ2v) is 2.88. The fourth-order valence-corrected chi connectivity index (χ4v) is 1.47. The topological polar surface area (TPSA) is 43.1 Å². The smallest absolute Gasteiger partial charge is 0.183 e. The van der Waals surface area contributed by atoms with Crippen LogP contribution in [0.5, 0.6) is 0 Å². The molecule has 0 heterocycles. The summed E-state index contributed by atoms with van der Waals surface area (Å²) in [5.41, 5.74) is 6.20. The van der Waals surface area contributed by atoms with E-state index in [1.807, 2.05) is 0 Å². The average molecular weight is 165 g/mol. The van der Waals surface area contributed by atoms with Crippen molar-refractivity contribution in [2.45, 2.75) is 12.2 Å². The van der Waals surface area contributed by atoms with Crippen molar-refractivity contribution in [3.05, 3.63) is 35.4 Å². The van der Waals surface area contributed by atoms with Crippen LogP contribution in [0, 0.1) is 0 Å². The molecule has 3 heteroatoms. The third kappa shape index (κ3) is 0.800. The molecule has 1 aromatic carbocycles. The third-order valence-electron chi connectivity index (χ3n) is 2.14. The van der Waals surface area contributed by atoms with Gasteiger partial charge in [0.2, 0.25) is 0 Å². The van der Waals surface area contributed by atoms with Crippen LogP contribution in [0.25, 0.3) is 0 Å². The Labute approximate surface area is 69.2 Å². The van der Waals surface area contributed by atoms with Crippen LogP contribution in [0.3, 0.4) is 0 Å². The molecule has 0 bridgehead atoms. The van der Waals surface area contributed by atoms with Crippen molar-refractivity contribution in [1.82, 2.24) is 0 Å². The van der Waals surface area contributed by atoms with E-state index in [2.05, 4.69) is 0 Å².